The van der Waals surface area contributed by atoms with Gasteiger partial charge in [-0.3, -0.25) is 9.59 Å². The molecule has 1 fully saturated rings. The van der Waals surface area contributed by atoms with Crippen molar-refractivity contribution in [1.82, 2.24) is 9.88 Å². The van der Waals surface area contributed by atoms with Crippen molar-refractivity contribution in [3.8, 4) is 11.3 Å². The lowest BCUT2D eigenvalue weighted by molar-refractivity contribution is -0.127. The Morgan fingerprint density at radius 3 is 2.79 bits per heavy atom. The first kappa shape index (κ1) is 16.6. The molecule has 0 saturated carbocycles. The van der Waals surface area contributed by atoms with E-state index in [0.29, 0.717) is 12.8 Å². The van der Waals surface area contributed by atoms with E-state index in [1.165, 1.54) is 0 Å². The normalized spacial score (nSPS) is 14.2. The van der Waals surface area contributed by atoms with Gasteiger partial charge in [-0.05, 0) is 18.6 Å². The number of hydrogen-bond acceptors (Lipinski definition) is 4. The summed E-state index contributed by atoms with van der Waals surface area (Å²) in [5, 5.41) is 5.93. The summed E-state index contributed by atoms with van der Waals surface area (Å²) < 4.78 is 0. The van der Waals surface area contributed by atoms with Crippen LogP contribution in [-0.2, 0) is 16.0 Å². The Hall–Kier alpha value is -2.21. The third-order valence-corrected chi connectivity index (χ3v) is 5.01. The molecule has 1 saturated heterocycles. The third kappa shape index (κ3) is 4.00. The van der Waals surface area contributed by atoms with Gasteiger partial charge in [-0.2, -0.15) is 0 Å². The third-order valence-electron chi connectivity index (χ3n) is 4.10. The molecule has 0 atom stereocenters. The number of thiazole rings is 1. The summed E-state index contributed by atoms with van der Waals surface area (Å²) in [6.07, 6.45) is 2.94. The van der Waals surface area contributed by atoms with E-state index in [4.69, 9.17) is 0 Å². The molecular weight excluding hydrogens is 322 g/mol. The van der Waals surface area contributed by atoms with Crippen molar-refractivity contribution >= 4 is 28.8 Å². The van der Waals surface area contributed by atoms with E-state index in [9.17, 15) is 9.59 Å². The quantitative estimate of drug-likeness (QED) is 0.875. The summed E-state index contributed by atoms with van der Waals surface area (Å²) in [5.74, 6) is 0.270. The second-order valence-electron chi connectivity index (χ2n) is 5.84. The zero-order valence-corrected chi connectivity index (χ0v) is 14.6. The Kier molecular flexibility index (Phi) is 5.25. The number of amides is 2. The van der Waals surface area contributed by atoms with Crippen molar-refractivity contribution in [2.24, 2.45) is 0 Å². The summed E-state index contributed by atoms with van der Waals surface area (Å²) in [7, 11) is 0. The summed E-state index contributed by atoms with van der Waals surface area (Å²) >= 11 is 1.63. The Morgan fingerprint density at radius 2 is 2.12 bits per heavy atom. The molecular formula is C18H21N3O2S. The fourth-order valence-corrected chi connectivity index (χ4v) is 3.50. The molecule has 1 aromatic carbocycles. The van der Waals surface area contributed by atoms with Crippen LogP contribution >= 0.6 is 11.3 Å². The standard InChI is InChI=1S/C18H21N3O2S/c1-2-16(22)19-14-7-5-13(6-8-14)15-12-24-17(20-15)9-11-21-10-3-4-18(21)23/h5-8,12H,2-4,9-11H2,1H3,(H,19,22). The molecule has 1 N–H and O–H groups in total. The molecule has 2 aromatic rings. The first-order chi connectivity index (χ1) is 11.7. The van der Waals surface area contributed by atoms with Gasteiger partial charge >= 0.3 is 0 Å². The van der Waals surface area contributed by atoms with Crippen LogP contribution in [0.2, 0.25) is 0 Å². The van der Waals surface area contributed by atoms with Crippen molar-refractivity contribution in [2.45, 2.75) is 32.6 Å². The van der Waals surface area contributed by atoms with Crippen LogP contribution in [0.4, 0.5) is 5.69 Å². The average Bonchev–Trinajstić information content (AvgIpc) is 3.22. The minimum absolute atomic E-state index is 0.00940. The Balaban J connectivity index is 1.60. The average molecular weight is 343 g/mol. The highest BCUT2D eigenvalue weighted by Crippen LogP contribution is 2.24. The van der Waals surface area contributed by atoms with Gasteiger partial charge in [0.2, 0.25) is 11.8 Å². The van der Waals surface area contributed by atoms with Gasteiger partial charge < -0.3 is 10.2 Å². The number of carbonyl (C=O) groups is 2. The summed E-state index contributed by atoms with van der Waals surface area (Å²) in [6.45, 7) is 3.46. The van der Waals surface area contributed by atoms with E-state index in [2.05, 4.69) is 10.3 Å². The van der Waals surface area contributed by atoms with E-state index in [1.54, 1.807) is 11.3 Å². The molecule has 0 unspecified atom stereocenters. The predicted octanol–water partition coefficient (Wildman–Crippen LogP) is 3.32. The van der Waals surface area contributed by atoms with Crippen molar-refractivity contribution < 1.29 is 9.59 Å². The van der Waals surface area contributed by atoms with Gasteiger partial charge in [0.25, 0.3) is 0 Å². The number of carbonyl (C=O) groups excluding carboxylic acids is 2. The van der Waals surface area contributed by atoms with Gasteiger partial charge in [0, 0.05) is 49.0 Å². The molecule has 3 rings (SSSR count). The number of hydrogen-bond donors (Lipinski definition) is 1. The molecule has 126 valence electrons. The summed E-state index contributed by atoms with van der Waals surface area (Å²) in [6, 6.07) is 7.72. The van der Waals surface area contributed by atoms with Crippen LogP contribution < -0.4 is 5.32 Å². The largest absolute Gasteiger partial charge is 0.342 e. The summed E-state index contributed by atoms with van der Waals surface area (Å²) in [5.41, 5.74) is 2.77. The van der Waals surface area contributed by atoms with E-state index < -0.39 is 0 Å². The SMILES string of the molecule is CCC(=O)Nc1ccc(-c2csc(CCN3CCCC3=O)n2)cc1. The molecule has 1 aliphatic rings. The van der Waals surface area contributed by atoms with Crippen molar-refractivity contribution in [3.05, 3.63) is 34.7 Å². The van der Waals surface area contributed by atoms with Crippen LogP contribution in [-0.4, -0.2) is 34.8 Å². The van der Waals surface area contributed by atoms with Gasteiger partial charge in [-0.25, -0.2) is 4.98 Å². The molecule has 2 heterocycles. The first-order valence-corrected chi connectivity index (χ1v) is 9.16. The highest BCUT2D eigenvalue weighted by Gasteiger charge is 2.19. The molecule has 24 heavy (non-hydrogen) atoms. The van der Waals surface area contributed by atoms with E-state index >= 15 is 0 Å². The molecule has 5 nitrogen and oxygen atoms in total. The molecule has 2 amide bonds. The monoisotopic (exact) mass is 343 g/mol. The first-order valence-electron chi connectivity index (χ1n) is 8.28. The fraction of sp³-hybridized carbons (Fsp3) is 0.389. The van der Waals surface area contributed by atoms with Crippen LogP contribution in [0, 0.1) is 0 Å². The van der Waals surface area contributed by atoms with Crippen LogP contribution in [0.5, 0.6) is 0 Å². The Morgan fingerprint density at radius 1 is 1.33 bits per heavy atom. The number of benzene rings is 1. The number of aromatic nitrogens is 1. The maximum atomic E-state index is 11.6. The number of nitrogens with zero attached hydrogens (tertiary/aromatic N) is 2. The predicted molar refractivity (Wildman–Crippen MR) is 96.0 cm³/mol. The lowest BCUT2D eigenvalue weighted by Crippen LogP contribution is -2.26. The van der Waals surface area contributed by atoms with E-state index in [0.717, 1.165) is 47.9 Å². The van der Waals surface area contributed by atoms with Crippen LogP contribution in [0.15, 0.2) is 29.6 Å². The van der Waals surface area contributed by atoms with Gasteiger partial charge in [-0.1, -0.05) is 19.1 Å². The molecule has 0 bridgehead atoms. The fourth-order valence-electron chi connectivity index (χ4n) is 2.70. The molecule has 1 aliphatic heterocycles. The molecule has 0 radical (unpaired) electrons. The van der Waals surface area contributed by atoms with E-state index in [-0.39, 0.29) is 11.8 Å². The van der Waals surface area contributed by atoms with Crippen molar-refractivity contribution in [3.63, 3.8) is 0 Å². The highest BCUT2D eigenvalue weighted by molar-refractivity contribution is 7.09. The van der Waals surface area contributed by atoms with Crippen LogP contribution in [0.25, 0.3) is 11.3 Å². The topological polar surface area (TPSA) is 62.3 Å². The number of rotatable bonds is 6. The van der Waals surface area contributed by atoms with E-state index in [1.807, 2.05) is 41.5 Å². The molecule has 6 heteroatoms. The van der Waals surface area contributed by atoms with Crippen LogP contribution in [0.1, 0.15) is 31.2 Å². The highest BCUT2D eigenvalue weighted by atomic mass is 32.1. The zero-order valence-electron chi connectivity index (χ0n) is 13.7. The Labute approximate surface area is 145 Å². The van der Waals surface area contributed by atoms with Crippen molar-refractivity contribution in [1.29, 1.82) is 0 Å². The minimum Gasteiger partial charge on any atom is -0.342 e. The number of nitrogens with one attached hydrogen (secondary N) is 1. The molecule has 1 aromatic heterocycles. The van der Waals surface area contributed by atoms with Gasteiger partial charge in [0.05, 0.1) is 10.7 Å². The maximum Gasteiger partial charge on any atom is 0.224 e. The minimum atomic E-state index is 0.00940. The maximum absolute atomic E-state index is 11.6. The number of likely N-dealkylation sites (tertiary alicyclic amines) is 1. The smallest absolute Gasteiger partial charge is 0.224 e. The Bertz CT molecular complexity index is 724. The second kappa shape index (κ2) is 7.57. The van der Waals surface area contributed by atoms with Crippen LogP contribution in [0.3, 0.4) is 0 Å². The van der Waals surface area contributed by atoms with Gasteiger partial charge in [0.1, 0.15) is 0 Å². The lowest BCUT2D eigenvalue weighted by Gasteiger charge is -2.13. The second-order valence-corrected chi connectivity index (χ2v) is 6.78. The van der Waals surface area contributed by atoms with Gasteiger partial charge in [0.15, 0.2) is 0 Å². The molecule has 0 spiro atoms. The molecule has 0 aliphatic carbocycles. The zero-order chi connectivity index (χ0) is 16.9. The lowest BCUT2D eigenvalue weighted by atomic mass is 10.1. The summed E-state index contributed by atoms with van der Waals surface area (Å²) in [4.78, 5) is 29.6. The van der Waals surface area contributed by atoms with Gasteiger partial charge in [-0.15, -0.1) is 11.3 Å². The number of anilines is 1. The van der Waals surface area contributed by atoms with Crippen molar-refractivity contribution in [2.75, 3.05) is 18.4 Å².